The molecule has 0 saturated heterocycles. The van der Waals surface area contributed by atoms with Gasteiger partial charge in [0.2, 0.25) is 0 Å². The number of nitrogens with zero attached hydrogens (tertiary/aromatic N) is 3. The van der Waals surface area contributed by atoms with Crippen molar-refractivity contribution in [3.63, 3.8) is 0 Å². The molecule has 32 heavy (non-hydrogen) atoms. The Labute approximate surface area is 189 Å². The van der Waals surface area contributed by atoms with E-state index < -0.39 is 0 Å². The van der Waals surface area contributed by atoms with Gasteiger partial charge in [-0.25, -0.2) is 4.98 Å². The second-order valence-corrected chi connectivity index (χ2v) is 9.13. The number of ether oxygens (including phenoxy) is 1. The number of benzene rings is 2. The van der Waals surface area contributed by atoms with Crippen LogP contribution in [0.25, 0.3) is 22.2 Å². The van der Waals surface area contributed by atoms with Crippen molar-refractivity contribution in [2.75, 3.05) is 7.11 Å². The molecule has 5 rings (SSSR count). The average molecular weight is 430 g/mol. The Morgan fingerprint density at radius 1 is 1.03 bits per heavy atom. The molecule has 0 aliphatic heterocycles. The maximum absolute atomic E-state index is 5.62. The zero-order valence-corrected chi connectivity index (χ0v) is 19.4. The summed E-state index contributed by atoms with van der Waals surface area (Å²) in [5.41, 5.74) is 7.94. The highest BCUT2D eigenvalue weighted by atomic mass is 16.5. The number of aromatic nitrogens is 3. The Bertz CT molecular complexity index is 1230. The second kappa shape index (κ2) is 8.55. The van der Waals surface area contributed by atoms with Crippen LogP contribution >= 0.6 is 0 Å². The Hall–Kier alpha value is -2.92. The van der Waals surface area contributed by atoms with Crippen molar-refractivity contribution in [1.29, 1.82) is 0 Å². The van der Waals surface area contributed by atoms with Crippen LogP contribution in [0.2, 0.25) is 0 Å². The molecule has 5 heteroatoms. The number of rotatable bonds is 5. The third kappa shape index (κ3) is 3.86. The Balaban J connectivity index is 1.59. The normalized spacial score (nSPS) is 19.0. The van der Waals surface area contributed by atoms with E-state index in [4.69, 9.17) is 14.2 Å². The fourth-order valence-corrected chi connectivity index (χ4v) is 5.28. The first-order valence-electron chi connectivity index (χ1n) is 11.6. The van der Waals surface area contributed by atoms with E-state index >= 15 is 0 Å². The smallest absolute Gasteiger partial charge is 0.141 e. The van der Waals surface area contributed by atoms with Gasteiger partial charge < -0.3 is 13.8 Å². The van der Waals surface area contributed by atoms with Crippen LogP contribution in [0.3, 0.4) is 0 Å². The molecule has 2 heterocycles. The minimum Gasteiger partial charge on any atom is -0.381 e. The van der Waals surface area contributed by atoms with Crippen LogP contribution < -0.4 is 0 Å². The van der Waals surface area contributed by atoms with Gasteiger partial charge in [-0.2, -0.15) is 0 Å². The third-order valence-corrected chi connectivity index (χ3v) is 6.87. The number of aryl methyl sites for hydroxylation is 3. The summed E-state index contributed by atoms with van der Waals surface area (Å²) in [6.07, 6.45) is 5.66. The minimum atomic E-state index is 0.382. The molecule has 0 atom stereocenters. The van der Waals surface area contributed by atoms with Crippen molar-refractivity contribution in [3.05, 3.63) is 70.9 Å². The summed E-state index contributed by atoms with van der Waals surface area (Å²) in [5, 5.41) is 4.14. The van der Waals surface area contributed by atoms with Gasteiger partial charge in [-0.1, -0.05) is 41.1 Å². The number of hydrogen-bond acceptors (Lipinski definition) is 4. The lowest BCUT2D eigenvalue weighted by molar-refractivity contribution is 0.0586. The zero-order valence-electron chi connectivity index (χ0n) is 19.4. The van der Waals surface area contributed by atoms with Crippen molar-refractivity contribution in [3.8, 4) is 11.1 Å². The summed E-state index contributed by atoms with van der Waals surface area (Å²) in [6.45, 7) is 6.11. The predicted molar refractivity (Wildman–Crippen MR) is 127 cm³/mol. The van der Waals surface area contributed by atoms with E-state index in [0.717, 1.165) is 66.0 Å². The molecule has 1 fully saturated rings. The summed E-state index contributed by atoms with van der Waals surface area (Å²) < 4.78 is 13.5. The molecule has 0 spiro atoms. The van der Waals surface area contributed by atoms with Crippen LogP contribution in [-0.2, 0) is 11.2 Å². The average Bonchev–Trinajstić information content (AvgIpc) is 3.32. The quantitative estimate of drug-likeness (QED) is 0.372. The Kier molecular flexibility index (Phi) is 5.60. The van der Waals surface area contributed by atoms with Gasteiger partial charge in [-0.05, 0) is 69.7 Å². The number of imidazole rings is 1. The number of fused-ring (bicyclic) bond motifs is 1. The Morgan fingerprint density at radius 3 is 2.53 bits per heavy atom. The highest BCUT2D eigenvalue weighted by Gasteiger charge is 2.26. The lowest BCUT2D eigenvalue weighted by atomic mass is 9.92. The van der Waals surface area contributed by atoms with E-state index in [1.165, 1.54) is 16.6 Å². The van der Waals surface area contributed by atoms with E-state index in [1.807, 2.05) is 21.0 Å². The molecule has 0 N–H and O–H groups in total. The molecule has 1 saturated carbocycles. The maximum Gasteiger partial charge on any atom is 0.141 e. The van der Waals surface area contributed by atoms with E-state index in [9.17, 15) is 0 Å². The standard InChI is InChI=1S/C27H31N3O2/c1-17-6-5-7-20(14-17)15-26-28-24-16-21(27-18(2)29-32-19(27)3)8-13-25(24)30(26)22-9-11-23(31-4)12-10-22/h5-8,13-14,16,22-23H,9-12,15H2,1-4H3. The predicted octanol–water partition coefficient (Wildman–Crippen LogP) is 6.34. The van der Waals surface area contributed by atoms with Crippen LogP contribution in [0, 0.1) is 20.8 Å². The first-order valence-corrected chi connectivity index (χ1v) is 11.6. The van der Waals surface area contributed by atoms with Gasteiger partial charge >= 0.3 is 0 Å². The van der Waals surface area contributed by atoms with Gasteiger partial charge in [0, 0.05) is 25.1 Å². The number of methoxy groups -OCH3 is 1. The fourth-order valence-electron chi connectivity index (χ4n) is 5.28. The lowest BCUT2D eigenvalue weighted by Crippen LogP contribution is -2.23. The van der Waals surface area contributed by atoms with Crippen molar-refractivity contribution in [2.24, 2.45) is 0 Å². The largest absolute Gasteiger partial charge is 0.381 e. The summed E-state index contributed by atoms with van der Waals surface area (Å²) in [7, 11) is 1.83. The SMILES string of the molecule is COC1CCC(n2c(Cc3cccc(C)c3)nc3cc(-c4c(C)noc4C)ccc32)CC1. The molecule has 0 unspecified atom stereocenters. The van der Waals surface area contributed by atoms with Crippen LogP contribution in [0.4, 0.5) is 0 Å². The van der Waals surface area contributed by atoms with Gasteiger partial charge in [-0.3, -0.25) is 0 Å². The molecule has 166 valence electrons. The highest BCUT2D eigenvalue weighted by Crippen LogP contribution is 2.36. The van der Waals surface area contributed by atoms with Crippen molar-refractivity contribution in [2.45, 2.75) is 65.0 Å². The van der Waals surface area contributed by atoms with Crippen LogP contribution in [-0.4, -0.2) is 27.9 Å². The first kappa shape index (κ1) is 21.0. The van der Waals surface area contributed by atoms with Gasteiger partial charge in [0.15, 0.2) is 0 Å². The third-order valence-electron chi connectivity index (χ3n) is 6.87. The van der Waals surface area contributed by atoms with Crippen LogP contribution in [0.15, 0.2) is 47.0 Å². The molecular weight excluding hydrogens is 398 g/mol. The number of hydrogen-bond donors (Lipinski definition) is 0. The van der Waals surface area contributed by atoms with Crippen molar-refractivity contribution >= 4 is 11.0 Å². The van der Waals surface area contributed by atoms with Crippen LogP contribution in [0.1, 0.15) is 60.1 Å². The maximum atomic E-state index is 5.62. The second-order valence-electron chi connectivity index (χ2n) is 9.13. The van der Waals surface area contributed by atoms with E-state index in [1.54, 1.807) is 0 Å². The molecule has 0 radical (unpaired) electrons. The highest BCUT2D eigenvalue weighted by molar-refractivity contribution is 5.83. The minimum absolute atomic E-state index is 0.382. The fraction of sp³-hybridized carbons (Fsp3) is 0.407. The molecule has 1 aliphatic rings. The molecule has 4 aromatic rings. The lowest BCUT2D eigenvalue weighted by Gasteiger charge is -2.30. The van der Waals surface area contributed by atoms with Gasteiger partial charge in [-0.15, -0.1) is 0 Å². The molecular formula is C27H31N3O2. The topological polar surface area (TPSA) is 53.1 Å². The summed E-state index contributed by atoms with van der Waals surface area (Å²) in [6, 6.07) is 15.8. The summed E-state index contributed by atoms with van der Waals surface area (Å²) in [4.78, 5) is 5.16. The summed E-state index contributed by atoms with van der Waals surface area (Å²) >= 11 is 0. The van der Waals surface area contributed by atoms with Gasteiger partial charge in [0.1, 0.15) is 11.6 Å². The molecule has 0 amide bonds. The molecule has 0 bridgehead atoms. The van der Waals surface area contributed by atoms with E-state index in [-0.39, 0.29) is 0 Å². The monoisotopic (exact) mass is 429 g/mol. The van der Waals surface area contributed by atoms with Crippen molar-refractivity contribution in [1.82, 2.24) is 14.7 Å². The van der Waals surface area contributed by atoms with E-state index in [0.29, 0.717) is 12.1 Å². The first-order chi connectivity index (χ1) is 15.5. The molecule has 1 aliphatic carbocycles. The zero-order chi connectivity index (χ0) is 22.2. The van der Waals surface area contributed by atoms with Gasteiger partial charge in [0.25, 0.3) is 0 Å². The van der Waals surface area contributed by atoms with E-state index in [2.05, 4.69) is 59.1 Å². The Morgan fingerprint density at radius 2 is 1.84 bits per heavy atom. The molecule has 5 nitrogen and oxygen atoms in total. The van der Waals surface area contributed by atoms with Crippen LogP contribution in [0.5, 0.6) is 0 Å². The molecule has 2 aromatic carbocycles. The van der Waals surface area contributed by atoms with Crippen molar-refractivity contribution < 1.29 is 9.26 Å². The molecule has 2 aromatic heterocycles. The summed E-state index contributed by atoms with van der Waals surface area (Å²) in [5.74, 6) is 1.99. The van der Waals surface area contributed by atoms with Gasteiger partial charge in [0.05, 0.1) is 22.8 Å².